The predicted octanol–water partition coefficient (Wildman–Crippen LogP) is 5.14. The first kappa shape index (κ1) is 22.8. The smallest absolute Gasteiger partial charge is 0.262 e. The van der Waals surface area contributed by atoms with E-state index in [2.05, 4.69) is 26.2 Å². The molecule has 0 fully saturated rings. The molecule has 7 nitrogen and oxygen atoms in total. The van der Waals surface area contributed by atoms with Gasteiger partial charge in [-0.15, -0.1) is 0 Å². The molecule has 3 aromatic carbocycles. The van der Waals surface area contributed by atoms with Crippen molar-refractivity contribution in [3.8, 4) is 11.5 Å². The van der Waals surface area contributed by atoms with Crippen LogP contribution < -0.4 is 20.3 Å². The van der Waals surface area contributed by atoms with Crippen LogP contribution in [0.1, 0.15) is 15.9 Å². The average Bonchev–Trinajstić information content (AvgIpc) is 2.82. The average molecular weight is 526 g/mol. The molecule has 1 amide bonds. The zero-order chi connectivity index (χ0) is 23.5. The summed E-state index contributed by atoms with van der Waals surface area (Å²) in [6, 6.07) is 17.5. The molecule has 0 saturated carbocycles. The lowest BCUT2D eigenvalue weighted by Crippen LogP contribution is -2.23. The second kappa shape index (κ2) is 9.60. The van der Waals surface area contributed by atoms with Crippen molar-refractivity contribution in [1.29, 1.82) is 0 Å². The van der Waals surface area contributed by atoms with Crippen molar-refractivity contribution in [2.75, 3.05) is 19.5 Å². The molecule has 0 aliphatic heterocycles. The van der Waals surface area contributed by atoms with Crippen LogP contribution in [0.4, 0.5) is 5.69 Å². The van der Waals surface area contributed by atoms with Crippen LogP contribution in [0.2, 0.25) is 0 Å². The molecule has 0 unspecified atom stereocenters. The molecule has 4 rings (SSSR count). The SMILES string of the molecule is COc1ccc(NC(=O)c2ccc3c(=O)n(Cc4ccc(OC)c(Br)c4)c(=S)[nH]c3c2)cc1. The summed E-state index contributed by atoms with van der Waals surface area (Å²) in [5.74, 6) is 1.11. The Morgan fingerprint density at radius 2 is 1.82 bits per heavy atom. The maximum absolute atomic E-state index is 13.1. The van der Waals surface area contributed by atoms with E-state index in [1.165, 1.54) is 4.57 Å². The van der Waals surface area contributed by atoms with Gasteiger partial charge in [-0.05, 0) is 88.3 Å². The number of nitrogens with one attached hydrogen (secondary N) is 2. The van der Waals surface area contributed by atoms with Gasteiger partial charge in [0.2, 0.25) is 0 Å². The second-order valence-corrected chi connectivity index (χ2v) is 8.47. The van der Waals surface area contributed by atoms with Crippen LogP contribution in [0.5, 0.6) is 11.5 Å². The highest BCUT2D eigenvalue weighted by molar-refractivity contribution is 9.10. The number of methoxy groups -OCH3 is 2. The highest BCUT2D eigenvalue weighted by Crippen LogP contribution is 2.26. The number of hydrogen-bond acceptors (Lipinski definition) is 5. The maximum atomic E-state index is 13.1. The number of H-pyrrole nitrogens is 1. The van der Waals surface area contributed by atoms with Gasteiger partial charge in [0.1, 0.15) is 11.5 Å². The summed E-state index contributed by atoms with van der Waals surface area (Å²) in [5.41, 5.74) is 2.19. The Bertz CT molecular complexity index is 1460. The van der Waals surface area contributed by atoms with E-state index in [0.29, 0.717) is 40.2 Å². The molecule has 1 aromatic heterocycles. The Kier molecular flexibility index (Phi) is 6.62. The Balaban J connectivity index is 1.62. The lowest BCUT2D eigenvalue weighted by atomic mass is 10.1. The predicted molar refractivity (Wildman–Crippen MR) is 134 cm³/mol. The van der Waals surface area contributed by atoms with E-state index in [1.807, 2.05) is 18.2 Å². The zero-order valence-corrected chi connectivity index (χ0v) is 20.2. The molecule has 0 bridgehead atoms. The Labute approximate surface area is 203 Å². The van der Waals surface area contributed by atoms with Crippen molar-refractivity contribution in [2.24, 2.45) is 0 Å². The molecular weight excluding hydrogens is 506 g/mol. The van der Waals surface area contributed by atoms with Crippen molar-refractivity contribution >= 4 is 50.6 Å². The number of fused-ring (bicyclic) bond motifs is 1. The molecule has 0 atom stereocenters. The van der Waals surface area contributed by atoms with Gasteiger partial charge in [-0.1, -0.05) is 6.07 Å². The largest absolute Gasteiger partial charge is 0.497 e. The van der Waals surface area contributed by atoms with E-state index in [9.17, 15) is 9.59 Å². The zero-order valence-electron chi connectivity index (χ0n) is 17.8. The van der Waals surface area contributed by atoms with E-state index in [1.54, 1.807) is 56.7 Å². The van der Waals surface area contributed by atoms with E-state index >= 15 is 0 Å². The van der Waals surface area contributed by atoms with Gasteiger partial charge in [0, 0.05) is 11.3 Å². The number of aromatic amines is 1. The van der Waals surface area contributed by atoms with Gasteiger partial charge in [-0.25, -0.2) is 0 Å². The van der Waals surface area contributed by atoms with Crippen molar-refractivity contribution in [3.05, 3.63) is 91.4 Å². The van der Waals surface area contributed by atoms with Crippen LogP contribution in [0, 0.1) is 4.77 Å². The quantitative estimate of drug-likeness (QED) is 0.340. The van der Waals surface area contributed by atoms with Gasteiger partial charge < -0.3 is 19.8 Å². The van der Waals surface area contributed by atoms with E-state index in [-0.39, 0.29) is 16.2 Å². The summed E-state index contributed by atoms with van der Waals surface area (Å²) >= 11 is 8.90. The van der Waals surface area contributed by atoms with Crippen LogP contribution in [0.25, 0.3) is 10.9 Å². The summed E-state index contributed by atoms with van der Waals surface area (Å²) < 4.78 is 12.9. The van der Waals surface area contributed by atoms with Gasteiger partial charge in [0.15, 0.2) is 4.77 Å². The minimum Gasteiger partial charge on any atom is -0.497 e. The van der Waals surface area contributed by atoms with Gasteiger partial charge in [0.25, 0.3) is 11.5 Å². The summed E-state index contributed by atoms with van der Waals surface area (Å²) in [6.07, 6.45) is 0. The number of carbonyl (C=O) groups excluding carboxylic acids is 1. The molecular formula is C24H20BrN3O4S. The minimum atomic E-state index is -0.298. The van der Waals surface area contributed by atoms with Crippen LogP contribution in [-0.4, -0.2) is 29.7 Å². The highest BCUT2D eigenvalue weighted by atomic mass is 79.9. The normalized spacial score (nSPS) is 10.8. The summed E-state index contributed by atoms with van der Waals surface area (Å²) in [6.45, 7) is 0.298. The molecule has 1 heterocycles. The topological polar surface area (TPSA) is 85.3 Å². The van der Waals surface area contributed by atoms with Crippen molar-refractivity contribution in [2.45, 2.75) is 6.54 Å². The Hall–Kier alpha value is -3.43. The first-order valence-electron chi connectivity index (χ1n) is 9.94. The van der Waals surface area contributed by atoms with E-state index in [4.69, 9.17) is 21.7 Å². The van der Waals surface area contributed by atoms with Crippen LogP contribution >= 0.6 is 28.1 Å². The molecule has 33 heavy (non-hydrogen) atoms. The Morgan fingerprint density at radius 1 is 1.06 bits per heavy atom. The molecule has 168 valence electrons. The fraction of sp³-hybridized carbons (Fsp3) is 0.125. The van der Waals surface area contributed by atoms with Crippen molar-refractivity contribution < 1.29 is 14.3 Å². The number of rotatable bonds is 6. The number of anilines is 1. The second-order valence-electron chi connectivity index (χ2n) is 7.23. The maximum Gasteiger partial charge on any atom is 0.262 e. The standard InChI is InChI=1S/C24H20BrN3O4S/c1-31-17-7-5-16(6-8-17)26-22(29)15-4-9-18-20(12-15)27-24(33)28(23(18)30)13-14-3-10-21(32-2)19(25)11-14/h3-12H,13H2,1-2H3,(H,26,29)(H,27,33). The monoisotopic (exact) mass is 525 g/mol. The number of halogens is 1. The molecule has 9 heteroatoms. The molecule has 4 aromatic rings. The van der Waals surface area contributed by atoms with Crippen molar-refractivity contribution in [1.82, 2.24) is 9.55 Å². The van der Waals surface area contributed by atoms with Gasteiger partial charge in [-0.3, -0.25) is 14.2 Å². The first-order chi connectivity index (χ1) is 15.9. The molecule has 0 spiro atoms. The van der Waals surface area contributed by atoms with E-state index in [0.717, 1.165) is 10.0 Å². The summed E-state index contributed by atoms with van der Waals surface area (Å²) in [4.78, 5) is 28.9. The third-order valence-electron chi connectivity index (χ3n) is 5.15. The fourth-order valence-corrected chi connectivity index (χ4v) is 4.25. The summed E-state index contributed by atoms with van der Waals surface area (Å²) in [5, 5.41) is 3.27. The van der Waals surface area contributed by atoms with E-state index < -0.39 is 0 Å². The number of ether oxygens (including phenoxy) is 2. The number of amides is 1. The highest BCUT2D eigenvalue weighted by Gasteiger charge is 2.12. The van der Waals surface area contributed by atoms with Crippen molar-refractivity contribution in [3.63, 3.8) is 0 Å². The molecule has 0 aliphatic rings. The number of benzene rings is 3. The minimum absolute atomic E-state index is 0.234. The lowest BCUT2D eigenvalue weighted by Gasteiger charge is -2.11. The molecule has 0 saturated heterocycles. The fourth-order valence-electron chi connectivity index (χ4n) is 3.41. The summed E-state index contributed by atoms with van der Waals surface area (Å²) in [7, 11) is 3.17. The molecule has 2 N–H and O–H groups in total. The van der Waals surface area contributed by atoms with Crippen LogP contribution in [0.3, 0.4) is 0 Å². The van der Waals surface area contributed by atoms with Crippen LogP contribution in [0.15, 0.2) is 69.9 Å². The number of nitrogens with zero attached hydrogens (tertiary/aromatic N) is 1. The number of aromatic nitrogens is 2. The Morgan fingerprint density at radius 3 is 2.48 bits per heavy atom. The number of carbonyl (C=O) groups is 1. The molecule has 0 radical (unpaired) electrons. The van der Waals surface area contributed by atoms with Gasteiger partial charge in [0.05, 0.1) is 36.1 Å². The lowest BCUT2D eigenvalue weighted by molar-refractivity contribution is 0.102. The number of hydrogen-bond donors (Lipinski definition) is 2. The van der Waals surface area contributed by atoms with Crippen LogP contribution in [-0.2, 0) is 6.54 Å². The first-order valence-corrected chi connectivity index (χ1v) is 11.1. The van der Waals surface area contributed by atoms with Gasteiger partial charge in [-0.2, -0.15) is 0 Å². The third-order valence-corrected chi connectivity index (χ3v) is 6.09. The molecule has 0 aliphatic carbocycles. The third kappa shape index (κ3) is 4.84. The van der Waals surface area contributed by atoms with Gasteiger partial charge >= 0.3 is 0 Å².